The van der Waals surface area contributed by atoms with Gasteiger partial charge in [-0.2, -0.15) is 8.78 Å². The van der Waals surface area contributed by atoms with Gasteiger partial charge in [-0.1, -0.05) is 0 Å². The van der Waals surface area contributed by atoms with E-state index in [1.807, 2.05) is 6.92 Å². The van der Waals surface area contributed by atoms with Gasteiger partial charge in [0.2, 0.25) is 0 Å². The van der Waals surface area contributed by atoms with Gasteiger partial charge in [-0.25, -0.2) is 0 Å². The molecule has 0 fully saturated rings. The van der Waals surface area contributed by atoms with E-state index in [4.69, 9.17) is 0 Å². The highest BCUT2D eigenvalue weighted by molar-refractivity contribution is 7.56. The minimum absolute atomic E-state index is 0.182. The largest absolute Gasteiger partial charge is 0.289 e. The molecule has 0 aromatic carbocycles. The number of halogens is 2. The maximum Gasteiger partial charge on any atom is 0.289 e. The summed E-state index contributed by atoms with van der Waals surface area (Å²) in [6.45, 7) is 5.04. The number of rotatable bonds is 2. The molecule has 0 spiro atoms. The summed E-state index contributed by atoms with van der Waals surface area (Å²) in [5.41, 5.74) is -2.43. The van der Waals surface area contributed by atoms with Crippen LogP contribution in [-0.2, 0) is 5.66 Å². The van der Waals surface area contributed by atoms with Gasteiger partial charge in [-0.05, 0) is 34.2 Å². The van der Waals surface area contributed by atoms with Crippen molar-refractivity contribution in [3.05, 3.63) is 21.9 Å². The number of alkyl halides is 2. The quantitative estimate of drug-likeness (QED) is 0.647. The van der Waals surface area contributed by atoms with Crippen LogP contribution in [0.4, 0.5) is 8.78 Å². The van der Waals surface area contributed by atoms with Gasteiger partial charge >= 0.3 is 0 Å². The highest BCUT2D eigenvalue weighted by Crippen LogP contribution is 2.53. The standard InChI is InChI=1S/C8H11F2PS/c1-6-4-7(5-12-6)8(9,10)11(2)3/h4-5H,1-3H3. The van der Waals surface area contributed by atoms with Crippen molar-refractivity contribution >= 4 is 19.3 Å². The Morgan fingerprint density at radius 1 is 1.42 bits per heavy atom. The van der Waals surface area contributed by atoms with Crippen molar-refractivity contribution in [1.29, 1.82) is 0 Å². The molecule has 1 aromatic heterocycles. The summed E-state index contributed by atoms with van der Waals surface area (Å²) < 4.78 is 26.7. The van der Waals surface area contributed by atoms with Gasteiger partial charge in [0.25, 0.3) is 5.66 Å². The van der Waals surface area contributed by atoms with Crippen LogP contribution in [-0.4, -0.2) is 13.3 Å². The van der Waals surface area contributed by atoms with Crippen molar-refractivity contribution in [2.75, 3.05) is 13.3 Å². The molecule has 0 aliphatic carbocycles. The Morgan fingerprint density at radius 2 is 2.00 bits per heavy atom. The second kappa shape index (κ2) is 3.39. The van der Waals surface area contributed by atoms with Crippen LogP contribution in [0.3, 0.4) is 0 Å². The molecule has 0 saturated heterocycles. The molecule has 1 aromatic rings. The third-order valence-electron chi connectivity index (χ3n) is 1.64. The molecule has 4 heteroatoms. The molecule has 1 heterocycles. The smallest absolute Gasteiger partial charge is 0.196 e. The summed E-state index contributed by atoms with van der Waals surface area (Å²) in [5.74, 6) is 0. The van der Waals surface area contributed by atoms with Gasteiger partial charge in [0.15, 0.2) is 0 Å². The molecule has 0 unspecified atom stereocenters. The Bertz CT molecular complexity index is 268. The Hall–Kier alpha value is -0.0100. The SMILES string of the molecule is Cc1cc(C(F)(F)P(C)C)cs1. The lowest BCUT2D eigenvalue weighted by Gasteiger charge is -2.19. The Morgan fingerprint density at radius 3 is 2.33 bits per heavy atom. The van der Waals surface area contributed by atoms with Crippen molar-refractivity contribution in [2.45, 2.75) is 12.6 Å². The molecular formula is C8H11F2PS. The maximum atomic E-state index is 13.3. The molecule has 68 valence electrons. The van der Waals surface area contributed by atoms with Crippen molar-refractivity contribution in [1.82, 2.24) is 0 Å². The van der Waals surface area contributed by atoms with E-state index in [-0.39, 0.29) is 5.56 Å². The third kappa shape index (κ3) is 1.83. The Kier molecular flexibility index (Phi) is 2.84. The normalized spacial score (nSPS) is 12.5. The first-order valence-electron chi connectivity index (χ1n) is 3.55. The number of hydrogen-bond acceptors (Lipinski definition) is 1. The van der Waals surface area contributed by atoms with E-state index in [1.165, 1.54) is 11.3 Å². The van der Waals surface area contributed by atoms with Crippen LogP contribution < -0.4 is 0 Å². The summed E-state index contributed by atoms with van der Waals surface area (Å²) in [5, 5.41) is 1.55. The summed E-state index contributed by atoms with van der Waals surface area (Å²) >= 11 is 1.38. The molecule has 0 atom stereocenters. The van der Waals surface area contributed by atoms with E-state index in [0.717, 1.165) is 4.88 Å². The lowest BCUT2D eigenvalue weighted by atomic mass is 10.3. The monoisotopic (exact) mass is 208 g/mol. The van der Waals surface area contributed by atoms with Gasteiger partial charge in [-0.15, -0.1) is 11.3 Å². The maximum absolute atomic E-state index is 13.3. The van der Waals surface area contributed by atoms with E-state index in [9.17, 15) is 8.78 Å². The lowest BCUT2D eigenvalue weighted by molar-refractivity contribution is 0.0984. The van der Waals surface area contributed by atoms with Gasteiger partial charge in [0.1, 0.15) is 0 Å². The van der Waals surface area contributed by atoms with Gasteiger partial charge in [0.05, 0.1) is 0 Å². The first-order chi connectivity index (χ1) is 5.44. The second-order valence-corrected chi connectivity index (χ2v) is 6.35. The van der Waals surface area contributed by atoms with Crippen LogP contribution in [0, 0.1) is 6.92 Å². The summed E-state index contributed by atoms with van der Waals surface area (Å²) in [6.07, 6.45) is 0. The highest BCUT2D eigenvalue weighted by atomic mass is 32.1. The van der Waals surface area contributed by atoms with Crippen LogP contribution in [0.15, 0.2) is 11.4 Å². The van der Waals surface area contributed by atoms with E-state index in [2.05, 4.69) is 0 Å². The second-order valence-electron chi connectivity index (χ2n) is 2.88. The van der Waals surface area contributed by atoms with E-state index < -0.39 is 13.6 Å². The van der Waals surface area contributed by atoms with Crippen LogP contribution in [0.5, 0.6) is 0 Å². The van der Waals surface area contributed by atoms with E-state index >= 15 is 0 Å². The van der Waals surface area contributed by atoms with Crippen LogP contribution >= 0.6 is 19.3 Å². The molecule has 0 aliphatic rings. The number of thiophene rings is 1. The predicted octanol–water partition coefficient (Wildman–Crippen LogP) is 3.85. The molecule has 0 bridgehead atoms. The van der Waals surface area contributed by atoms with E-state index in [0.29, 0.717) is 0 Å². The molecule has 1 rings (SSSR count). The first kappa shape index (κ1) is 10.1. The molecular weight excluding hydrogens is 197 g/mol. The van der Waals surface area contributed by atoms with Crippen molar-refractivity contribution in [3.63, 3.8) is 0 Å². The molecule has 0 N–H and O–H groups in total. The molecule has 0 aliphatic heterocycles. The zero-order chi connectivity index (χ0) is 9.35. The summed E-state index contributed by atoms with van der Waals surface area (Å²) in [6, 6.07) is 1.58. The Balaban J connectivity index is 2.97. The average molecular weight is 208 g/mol. The molecule has 0 radical (unpaired) electrons. The fraction of sp³-hybridized carbons (Fsp3) is 0.500. The zero-order valence-corrected chi connectivity index (χ0v) is 8.98. The van der Waals surface area contributed by atoms with Crippen LogP contribution in [0.25, 0.3) is 0 Å². The number of aryl methyl sites for hydroxylation is 1. The Labute approximate surface area is 76.4 Å². The molecule has 0 nitrogen and oxygen atoms in total. The molecule has 12 heavy (non-hydrogen) atoms. The summed E-state index contributed by atoms with van der Waals surface area (Å²) in [4.78, 5) is 0.946. The first-order valence-corrected chi connectivity index (χ1v) is 6.67. The summed E-state index contributed by atoms with van der Waals surface area (Å²) in [7, 11) is -1.23. The van der Waals surface area contributed by atoms with E-state index in [1.54, 1.807) is 24.8 Å². The minimum Gasteiger partial charge on any atom is -0.196 e. The van der Waals surface area contributed by atoms with Crippen LogP contribution in [0.1, 0.15) is 10.4 Å². The molecule has 0 amide bonds. The van der Waals surface area contributed by atoms with Crippen molar-refractivity contribution in [2.24, 2.45) is 0 Å². The fourth-order valence-electron chi connectivity index (χ4n) is 0.859. The van der Waals surface area contributed by atoms with Crippen molar-refractivity contribution in [3.8, 4) is 0 Å². The van der Waals surface area contributed by atoms with Gasteiger partial charge in [-0.3, -0.25) is 0 Å². The highest BCUT2D eigenvalue weighted by Gasteiger charge is 2.35. The lowest BCUT2D eigenvalue weighted by Crippen LogP contribution is -2.08. The zero-order valence-electron chi connectivity index (χ0n) is 7.27. The van der Waals surface area contributed by atoms with Gasteiger partial charge < -0.3 is 0 Å². The predicted molar refractivity (Wildman–Crippen MR) is 51.7 cm³/mol. The van der Waals surface area contributed by atoms with Crippen molar-refractivity contribution < 1.29 is 8.78 Å². The third-order valence-corrected chi connectivity index (χ3v) is 3.88. The minimum atomic E-state index is -2.61. The van der Waals surface area contributed by atoms with Gasteiger partial charge in [0, 0.05) is 15.8 Å². The average Bonchev–Trinajstić information content (AvgIpc) is 2.35. The number of hydrogen-bond donors (Lipinski definition) is 0. The molecule has 0 saturated carbocycles. The topological polar surface area (TPSA) is 0 Å². The van der Waals surface area contributed by atoms with Crippen LogP contribution in [0.2, 0.25) is 0 Å². The fourth-order valence-corrected chi connectivity index (χ4v) is 2.32.